The molecular weight excluding hydrogens is 362 g/mol. The van der Waals surface area contributed by atoms with E-state index in [1.807, 2.05) is 0 Å². The maximum Gasteiger partial charge on any atom is 0.416 e. The molecule has 1 aromatic carbocycles. The van der Waals surface area contributed by atoms with Crippen LogP contribution in [0.25, 0.3) is 22.5 Å². The van der Waals surface area contributed by atoms with E-state index in [1.54, 1.807) is 6.07 Å². The molecule has 0 fully saturated rings. The third-order valence-corrected chi connectivity index (χ3v) is 3.43. The predicted molar refractivity (Wildman–Crippen MR) is 78.5 cm³/mol. The van der Waals surface area contributed by atoms with Crippen LogP contribution in [-0.4, -0.2) is 20.4 Å². The summed E-state index contributed by atoms with van der Waals surface area (Å²) >= 11 is 0. The lowest BCUT2D eigenvalue weighted by atomic mass is 10.0. The minimum Gasteiger partial charge on any atom is -0.166 e. The highest BCUT2D eigenvalue weighted by molar-refractivity contribution is 5.64. The fourth-order valence-corrected chi connectivity index (χ4v) is 2.19. The summed E-state index contributed by atoms with van der Waals surface area (Å²) in [6, 6.07) is 5.57. The molecule has 0 aliphatic carbocycles. The monoisotopic (exact) mass is 370 g/mol. The van der Waals surface area contributed by atoms with Gasteiger partial charge in [0, 0.05) is 11.1 Å². The molecule has 0 unspecified atom stereocenters. The van der Waals surface area contributed by atoms with Crippen molar-refractivity contribution in [1.29, 1.82) is 0 Å². The van der Waals surface area contributed by atoms with Gasteiger partial charge >= 0.3 is 12.4 Å². The van der Waals surface area contributed by atoms with E-state index < -0.39 is 23.5 Å². The molecule has 0 radical (unpaired) electrons. The molecule has 0 N–H and O–H groups in total. The molecule has 134 valence electrons. The normalized spacial score (nSPS) is 12.2. The molecule has 0 saturated heterocycles. The molecule has 2 heterocycles. The maximum atomic E-state index is 12.9. The molecule has 26 heavy (non-hydrogen) atoms. The molecular formula is C16H8F6N4. The van der Waals surface area contributed by atoms with Crippen LogP contribution in [0.3, 0.4) is 0 Å². The Bertz CT molecular complexity index is 873. The fourth-order valence-electron chi connectivity index (χ4n) is 2.19. The van der Waals surface area contributed by atoms with Crippen LogP contribution < -0.4 is 0 Å². The average Bonchev–Trinajstić information content (AvgIpc) is 2.61. The van der Waals surface area contributed by atoms with Crippen molar-refractivity contribution in [2.45, 2.75) is 12.4 Å². The Kier molecular flexibility index (Phi) is 4.34. The summed E-state index contributed by atoms with van der Waals surface area (Å²) in [4.78, 5) is 0. The smallest absolute Gasteiger partial charge is 0.166 e. The third kappa shape index (κ3) is 3.79. The van der Waals surface area contributed by atoms with Gasteiger partial charge in [0.05, 0.1) is 34.9 Å². The standard InChI is InChI=1S/C16H8F6N4/c17-15(18,19)11-5-10(6-12(7-11)16(20,21)22)14-2-1-13(25-26-14)9-3-4-23-24-8-9/h1-8H. The minimum atomic E-state index is -4.92. The Labute approximate surface area is 142 Å². The first-order chi connectivity index (χ1) is 12.1. The molecule has 3 aromatic rings. The van der Waals surface area contributed by atoms with E-state index in [-0.39, 0.29) is 17.3 Å². The van der Waals surface area contributed by atoms with Crippen LogP contribution in [0.2, 0.25) is 0 Å². The Morgan fingerprint density at radius 2 is 1.15 bits per heavy atom. The van der Waals surface area contributed by atoms with Crippen molar-refractivity contribution in [3.8, 4) is 22.5 Å². The Morgan fingerprint density at radius 3 is 1.58 bits per heavy atom. The zero-order valence-electron chi connectivity index (χ0n) is 12.7. The van der Waals surface area contributed by atoms with Crippen LogP contribution in [0, 0.1) is 0 Å². The number of nitrogens with zero attached hydrogens (tertiary/aromatic N) is 4. The van der Waals surface area contributed by atoms with Crippen LogP contribution >= 0.6 is 0 Å². The molecule has 10 heteroatoms. The summed E-state index contributed by atoms with van der Waals surface area (Å²) in [6.45, 7) is 0. The van der Waals surface area contributed by atoms with E-state index in [0.717, 1.165) is 0 Å². The van der Waals surface area contributed by atoms with Gasteiger partial charge in [-0.1, -0.05) is 0 Å². The first-order valence-electron chi connectivity index (χ1n) is 7.05. The summed E-state index contributed by atoms with van der Waals surface area (Å²) in [6.07, 6.45) is -7.04. The fraction of sp³-hybridized carbons (Fsp3) is 0.125. The molecule has 4 nitrogen and oxygen atoms in total. The Morgan fingerprint density at radius 1 is 0.615 bits per heavy atom. The molecule has 2 aromatic heterocycles. The van der Waals surface area contributed by atoms with Gasteiger partial charge in [-0.15, -0.1) is 10.2 Å². The second kappa shape index (κ2) is 6.36. The molecule has 0 saturated carbocycles. The molecule has 0 aliphatic heterocycles. The molecule has 0 aliphatic rings. The van der Waals surface area contributed by atoms with E-state index in [2.05, 4.69) is 20.4 Å². The second-order valence-electron chi connectivity index (χ2n) is 5.23. The first-order valence-corrected chi connectivity index (χ1v) is 7.05. The summed E-state index contributed by atoms with van der Waals surface area (Å²) in [5.74, 6) is 0. The highest BCUT2D eigenvalue weighted by Gasteiger charge is 2.37. The number of rotatable bonds is 2. The van der Waals surface area contributed by atoms with Crippen molar-refractivity contribution >= 4 is 0 Å². The van der Waals surface area contributed by atoms with Crippen LogP contribution in [0.5, 0.6) is 0 Å². The van der Waals surface area contributed by atoms with E-state index >= 15 is 0 Å². The largest absolute Gasteiger partial charge is 0.416 e. The van der Waals surface area contributed by atoms with Gasteiger partial charge in [0.25, 0.3) is 0 Å². The third-order valence-electron chi connectivity index (χ3n) is 3.43. The van der Waals surface area contributed by atoms with E-state index in [1.165, 1.54) is 24.5 Å². The van der Waals surface area contributed by atoms with Crippen molar-refractivity contribution in [2.75, 3.05) is 0 Å². The van der Waals surface area contributed by atoms with Crippen molar-refractivity contribution in [3.05, 3.63) is 59.9 Å². The number of hydrogen-bond acceptors (Lipinski definition) is 4. The second-order valence-corrected chi connectivity index (χ2v) is 5.23. The van der Waals surface area contributed by atoms with Gasteiger partial charge in [0.1, 0.15) is 0 Å². The lowest BCUT2D eigenvalue weighted by Crippen LogP contribution is -2.11. The zero-order chi connectivity index (χ0) is 18.9. The minimum absolute atomic E-state index is 0.0634. The SMILES string of the molecule is FC(F)(F)c1cc(-c2ccc(-c3ccnnc3)nn2)cc(C(F)(F)F)c1. The molecule has 3 rings (SSSR count). The van der Waals surface area contributed by atoms with Gasteiger partial charge in [0.15, 0.2) is 0 Å². The quantitative estimate of drug-likeness (QED) is 0.617. The summed E-state index contributed by atoms with van der Waals surface area (Å²) in [5, 5.41) is 14.8. The molecule has 0 amide bonds. The summed E-state index contributed by atoms with van der Waals surface area (Å²) in [5.41, 5.74) is -2.37. The van der Waals surface area contributed by atoms with Crippen LogP contribution in [0.15, 0.2) is 48.8 Å². The highest BCUT2D eigenvalue weighted by atomic mass is 19.4. The molecule has 0 atom stereocenters. The highest BCUT2D eigenvalue weighted by Crippen LogP contribution is 2.38. The Hall–Kier alpha value is -3.04. The number of benzene rings is 1. The van der Waals surface area contributed by atoms with Gasteiger partial charge in [-0.3, -0.25) is 0 Å². The Balaban J connectivity index is 2.06. The van der Waals surface area contributed by atoms with Crippen LogP contribution in [0.1, 0.15) is 11.1 Å². The predicted octanol–water partition coefficient (Wildman–Crippen LogP) is 4.64. The van der Waals surface area contributed by atoms with Crippen LogP contribution in [-0.2, 0) is 12.4 Å². The van der Waals surface area contributed by atoms with Gasteiger partial charge in [0.2, 0.25) is 0 Å². The number of halogens is 6. The van der Waals surface area contributed by atoms with Crippen molar-refractivity contribution in [1.82, 2.24) is 20.4 Å². The van der Waals surface area contributed by atoms with Crippen LogP contribution in [0.4, 0.5) is 26.3 Å². The van der Waals surface area contributed by atoms with Gasteiger partial charge in [-0.05, 0) is 36.4 Å². The zero-order valence-corrected chi connectivity index (χ0v) is 12.7. The van der Waals surface area contributed by atoms with Crippen molar-refractivity contribution < 1.29 is 26.3 Å². The lowest BCUT2D eigenvalue weighted by Gasteiger charge is -2.14. The summed E-state index contributed by atoms with van der Waals surface area (Å²) in [7, 11) is 0. The van der Waals surface area contributed by atoms with Gasteiger partial charge in [-0.2, -0.15) is 36.5 Å². The number of alkyl halides is 6. The number of aromatic nitrogens is 4. The van der Waals surface area contributed by atoms with Crippen molar-refractivity contribution in [2.24, 2.45) is 0 Å². The molecule has 0 bridgehead atoms. The lowest BCUT2D eigenvalue weighted by molar-refractivity contribution is -0.143. The topological polar surface area (TPSA) is 51.6 Å². The van der Waals surface area contributed by atoms with E-state index in [4.69, 9.17) is 0 Å². The number of hydrogen-bond donors (Lipinski definition) is 0. The first kappa shape index (κ1) is 17.8. The van der Waals surface area contributed by atoms with Gasteiger partial charge in [-0.25, -0.2) is 0 Å². The average molecular weight is 370 g/mol. The van der Waals surface area contributed by atoms with Gasteiger partial charge < -0.3 is 0 Å². The van der Waals surface area contributed by atoms with E-state index in [9.17, 15) is 26.3 Å². The molecule has 0 spiro atoms. The maximum absolute atomic E-state index is 12.9. The summed E-state index contributed by atoms with van der Waals surface area (Å²) < 4.78 is 77.5. The van der Waals surface area contributed by atoms with Crippen molar-refractivity contribution in [3.63, 3.8) is 0 Å². The van der Waals surface area contributed by atoms with E-state index in [0.29, 0.717) is 23.4 Å².